The maximum absolute atomic E-state index is 12.9. The van der Waals surface area contributed by atoms with Crippen LogP contribution in [0.15, 0.2) is 34.2 Å². The molecule has 0 aliphatic rings. The van der Waals surface area contributed by atoms with E-state index in [-0.39, 0.29) is 34.2 Å². The minimum atomic E-state index is -0.473. The molecule has 0 saturated carbocycles. The molecule has 0 radical (unpaired) electrons. The maximum atomic E-state index is 12.9. The predicted octanol–water partition coefficient (Wildman–Crippen LogP) is 2.35. The van der Waals surface area contributed by atoms with Crippen LogP contribution < -0.4 is 11.0 Å². The van der Waals surface area contributed by atoms with Gasteiger partial charge in [0.15, 0.2) is 4.77 Å². The van der Waals surface area contributed by atoms with Gasteiger partial charge >= 0.3 is 0 Å². The van der Waals surface area contributed by atoms with Crippen molar-refractivity contribution in [3.8, 4) is 5.88 Å². The molecule has 1 amide bonds. The Morgan fingerprint density at radius 3 is 2.37 bits per heavy atom. The van der Waals surface area contributed by atoms with Crippen molar-refractivity contribution in [3.05, 3.63) is 56.3 Å². The maximum Gasteiger partial charge on any atom is 0.267 e. The van der Waals surface area contributed by atoms with Crippen LogP contribution in [0.1, 0.15) is 31.9 Å². The van der Waals surface area contributed by atoms with Crippen molar-refractivity contribution < 1.29 is 14.3 Å². The van der Waals surface area contributed by atoms with Gasteiger partial charge in [-0.2, -0.15) is 5.10 Å². The summed E-state index contributed by atoms with van der Waals surface area (Å²) in [7, 11) is 0. The van der Waals surface area contributed by atoms with Gasteiger partial charge in [-0.1, -0.05) is 12.1 Å². The number of amides is 1. The van der Waals surface area contributed by atoms with Crippen LogP contribution in [0.25, 0.3) is 0 Å². The highest BCUT2D eigenvalue weighted by Crippen LogP contribution is 2.15. The number of nitrogens with zero attached hydrogens (tertiary/aromatic N) is 3. The van der Waals surface area contributed by atoms with Gasteiger partial charge in [0.1, 0.15) is 11.4 Å². The second kappa shape index (κ2) is 8.72. The van der Waals surface area contributed by atoms with Crippen LogP contribution in [0.4, 0.5) is 4.39 Å². The minimum absolute atomic E-state index is 0.00227. The number of halogens is 1. The van der Waals surface area contributed by atoms with Gasteiger partial charge < -0.3 is 5.11 Å². The topological polar surface area (TPSA) is 88.6 Å². The smallest absolute Gasteiger partial charge is 0.267 e. The van der Waals surface area contributed by atoms with Gasteiger partial charge in [0, 0.05) is 13.1 Å². The molecule has 0 atom stereocenters. The van der Waals surface area contributed by atoms with Crippen LogP contribution >= 0.6 is 12.2 Å². The zero-order valence-corrected chi connectivity index (χ0v) is 16.1. The van der Waals surface area contributed by atoms with Gasteiger partial charge in [0.05, 0.1) is 12.1 Å². The van der Waals surface area contributed by atoms with Crippen molar-refractivity contribution >= 4 is 23.8 Å². The van der Waals surface area contributed by atoms with Gasteiger partial charge in [-0.25, -0.2) is 9.82 Å². The first-order valence-electron chi connectivity index (χ1n) is 8.44. The fourth-order valence-electron chi connectivity index (χ4n) is 2.60. The summed E-state index contributed by atoms with van der Waals surface area (Å²) in [6.45, 7) is 5.80. The first-order chi connectivity index (χ1) is 12.8. The van der Waals surface area contributed by atoms with Gasteiger partial charge in [-0.05, 0) is 50.7 Å². The van der Waals surface area contributed by atoms with Crippen molar-refractivity contribution in [1.29, 1.82) is 0 Å². The highest BCUT2D eigenvalue weighted by molar-refractivity contribution is 7.71. The third kappa shape index (κ3) is 4.48. The molecule has 1 heterocycles. The molecule has 2 N–H and O–H groups in total. The Labute approximate surface area is 160 Å². The molecule has 2 rings (SSSR count). The van der Waals surface area contributed by atoms with Gasteiger partial charge in [-0.15, -0.1) is 0 Å². The Bertz CT molecular complexity index is 993. The van der Waals surface area contributed by atoms with Gasteiger partial charge in [-0.3, -0.25) is 18.7 Å². The molecule has 2 aromatic rings. The van der Waals surface area contributed by atoms with Crippen LogP contribution in [0, 0.1) is 10.6 Å². The molecule has 0 saturated heterocycles. The van der Waals surface area contributed by atoms with E-state index in [1.54, 1.807) is 13.8 Å². The normalized spacial score (nSPS) is 11.5. The first-order valence-corrected chi connectivity index (χ1v) is 8.85. The molecular formula is C18H21FN4O3S. The number of aromatic nitrogens is 2. The van der Waals surface area contributed by atoms with E-state index < -0.39 is 11.5 Å². The Morgan fingerprint density at radius 2 is 1.81 bits per heavy atom. The van der Waals surface area contributed by atoms with Crippen molar-refractivity contribution in [2.75, 3.05) is 0 Å². The lowest BCUT2D eigenvalue weighted by atomic mass is 10.1. The standard InChI is InChI=1S/C18H21FN4O3S/c1-4-22-16(25)15(17(26)23(5-2)18(22)27)11(3)20-21-14(24)10-12-6-8-13(19)9-7-12/h6-9,25H,4-5,10H2,1-3H3,(H,21,24)/b20-11+. The van der Waals surface area contributed by atoms with Crippen LogP contribution in [0.2, 0.25) is 0 Å². The second-order valence-corrected chi connectivity index (χ2v) is 6.18. The predicted molar refractivity (Wildman–Crippen MR) is 103 cm³/mol. The molecule has 27 heavy (non-hydrogen) atoms. The van der Waals surface area contributed by atoms with Gasteiger partial charge in [0.2, 0.25) is 11.8 Å². The Hall–Kier alpha value is -2.81. The van der Waals surface area contributed by atoms with Crippen LogP contribution in [-0.4, -0.2) is 25.9 Å². The Kier molecular flexibility index (Phi) is 6.62. The Balaban J connectivity index is 2.30. The third-order valence-corrected chi connectivity index (χ3v) is 4.46. The van der Waals surface area contributed by atoms with Crippen LogP contribution in [0.5, 0.6) is 5.88 Å². The lowest BCUT2D eigenvalue weighted by Gasteiger charge is -2.15. The van der Waals surface area contributed by atoms with E-state index in [2.05, 4.69) is 10.5 Å². The molecule has 0 unspecified atom stereocenters. The summed E-state index contributed by atoms with van der Waals surface area (Å²) < 4.78 is 15.9. The van der Waals surface area contributed by atoms with Crippen molar-refractivity contribution in [2.24, 2.45) is 5.10 Å². The molecule has 1 aromatic heterocycles. The van der Waals surface area contributed by atoms with Crippen molar-refractivity contribution in [2.45, 2.75) is 40.3 Å². The summed E-state index contributed by atoms with van der Waals surface area (Å²) in [5.41, 5.74) is 2.64. The van der Waals surface area contributed by atoms with E-state index in [0.29, 0.717) is 18.7 Å². The van der Waals surface area contributed by atoms with Crippen LogP contribution in [-0.2, 0) is 24.3 Å². The summed E-state index contributed by atoms with van der Waals surface area (Å²) in [6.07, 6.45) is 0.00227. The zero-order chi connectivity index (χ0) is 20.1. The molecule has 0 bridgehead atoms. The number of hydrogen-bond donors (Lipinski definition) is 2. The number of rotatable bonds is 6. The Morgan fingerprint density at radius 1 is 1.22 bits per heavy atom. The fourth-order valence-corrected chi connectivity index (χ4v) is 3.03. The molecular weight excluding hydrogens is 371 g/mol. The monoisotopic (exact) mass is 392 g/mol. The largest absolute Gasteiger partial charge is 0.494 e. The average Bonchev–Trinajstić information content (AvgIpc) is 2.62. The molecule has 9 heteroatoms. The lowest BCUT2D eigenvalue weighted by molar-refractivity contribution is -0.120. The van der Waals surface area contributed by atoms with Crippen molar-refractivity contribution in [1.82, 2.24) is 14.6 Å². The highest BCUT2D eigenvalue weighted by Gasteiger charge is 2.18. The number of nitrogens with one attached hydrogen (secondary N) is 1. The summed E-state index contributed by atoms with van der Waals surface area (Å²) >= 11 is 5.23. The number of hydrazone groups is 1. The lowest BCUT2D eigenvalue weighted by Crippen LogP contribution is -2.31. The summed E-state index contributed by atoms with van der Waals surface area (Å²) in [5, 5.41) is 14.4. The first kappa shape index (κ1) is 20.5. The van der Waals surface area contributed by atoms with E-state index in [1.165, 1.54) is 40.3 Å². The highest BCUT2D eigenvalue weighted by atomic mass is 32.1. The summed E-state index contributed by atoms with van der Waals surface area (Å²) in [5.74, 6) is -1.10. The van der Waals surface area contributed by atoms with E-state index in [1.807, 2.05) is 0 Å². The summed E-state index contributed by atoms with van der Waals surface area (Å²) in [6, 6.07) is 5.54. The number of aromatic hydroxyl groups is 1. The van der Waals surface area contributed by atoms with Gasteiger partial charge in [0.25, 0.3) is 5.56 Å². The molecule has 1 aromatic carbocycles. The molecule has 0 fully saturated rings. The van der Waals surface area contributed by atoms with Crippen LogP contribution in [0.3, 0.4) is 0 Å². The number of hydrogen-bond acceptors (Lipinski definition) is 5. The zero-order valence-electron chi connectivity index (χ0n) is 15.3. The van der Waals surface area contributed by atoms with E-state index in [4.69, 9.17) is 12.2 Å². The SMILES string of the molecule is CCn1c(O)c(/C(C)=N/NC(=O)Cc2ccc(F)cc2)c(=O)n(CC)c1=S. The van der Waals surface area contributed by atoms with E-state index >= 15 is 0 Å². The molecule has 7 nitrogen and oxygen atoms in total. The van der Waals surface area contributed by atoms with Crippen molar-refractivity contribution in [3.63, 3.8) is 0 Å². The third-order valence-electron chi connectivity index (χ3n) is 4.02. The fraction of sp³-hybridized carbons (Fsp3) is 0.333. The second-order valence-electron chi connectivity index (χ2n) is 5.81. The molecule has 0 aliphatic heterocycles. The molecule has 144 valence electrons. The summed E-state index contributed by atoms with van der Waals surface area (Å²) in [4.78, 5) is 24.6. The number of carbonyl (C=O) groups excluding carboxylic acids is 1. The van der Waals surface area contributed by atoms with E-state index in [9.17, 15) is 19.1 Å². The average molecular weight is 392 g/mol. The quantitative estimate of drug-likeness (QED) is 0.449. The molecule has 0 spiro atoms. The molecule has 0 aliphatic carbocycles. The number of carbonyl (C=O) groups is 1. The number of benzene rings is 1. The van der Waals surface area contributed by atoms with E-state index in [0.717, 1.165) is 0 Å². The minimum Gasteiger partial charge on any atom is -0.494 e.